The third kappa shape index (κ3) is 3.97. The molecule has 0 fully saturated rings. The Labute approximate surface area is 177 Å². The Kier molecular flexibility index (Phi) is 5.51. The van der Waals surface area contributed by atoms with Crippen LogP contribution < -0.4 is 5.32 Å². The molecule has 0 spiro atoms. The predicted octanol–water partition coefficient (Wildman–Crippen LogP) is 5.41. The highest BCUT2D eigenvalue weighted by atomic mass is 35.5. The fraction of sp³-hybridized carbons (Fsp3) is 0.130. The lowest BCUT2D eigenvalue weighted by molar-refractivity contribution is -0.120. The van der Waals surface area contributed by atoms with E-state index in [-0.39, 0.29) is 18.1 Å². The van der Waals surface area contributed by atoms with Crippen LogP contribution in [0.4, 0.5) is 0 Å². The van der Waals surface area contributed by atoms with Crippen molar-refractivity contribution in [2.24, 2.45) is 0 Å². The molecule has 0 aliphatic carbocycles. The zero-order chi connectivity index (χ0) is 20.4. The van der Waals surface area contributed by atoms with Crippen molar-refractivity contribution in [3.8, 4) is 5.75 Å². The van der Waals surface area contributed by atoms with Crippen LogP contribution in [0.15, 0.2) is 66.2 Å². The van der Waals surface area contributed by atoms with Gasteiger partial charge in [0, 0.05) is 22.0 Å². The molecule has 1 amide bonds. The van der Waals surface area contributed by atoms with E-state index < -0.39 is 6.04 Å². The zero-order valence-electron chi connectivity index (χ0n) is 15.7. The summed E-state index contributed by atoms with van der Waals surface area (Å²) in [4.78, 5) is 18.1. The average Bonchev–Trinajstić information content (AvgIpc) is 3.15. The van der Waals surface area contributed by atoms with Gasteiger partial charge in [0.2, 0.25) is 5.91 Å². The number of fused-ring (bicyclic) bond motifs is 1. The van der Waals surface area contributed by atoms with Gasteiger partial charge in [-0.05, 0) is 47.7 Å². The highest BCUT2D eigenvalue weighted by Crippen LogP contribution is 2.40. The minimum absolute atomic E-state index is 0.0304. The van der Waals surface area contributed by atoms with Crippen molar-refractivity contribution in [2.45, 2.75) is 19.4 Å². The molecule has 4 nitrogen and oxygen atoms in total. The maximum Gasteiger partial charge on any atom is 0.225 e. The maximum atomic E-state index is 12.8. The summed E-state index contributed by atoms with van der Waals surface area (Å²) in [6.45, 7) is 1.99. The molecule has 2 aromatic carbocycles. The Morgan fingerprint density at radius 3 is 2.72 bits per heavy atom. The quantitative estimate of drug-likeness (QED) is 0.452. The number of benzene rings is 2. The lowest BCUT2D eigenvalue weighted by Crippen LogP contribution is -2.30. The molecule has 146 valence electrons. The van der Waals surface area contributed by atoms with E-state index in [9.17, 15) is 9.90 Å². The van der Waals surface area contributed by atoms with E-state index in [0.717, 1.165) is 16.0 Å². The molecular weight excluding hydrogens is 404 g/mol. The van der Waals surface area contributed by atoms with Gasteiger partial charge in [0.1, 0.15) is 11.3 Å². The van der Waals surface area contributed by atoms with E-state index in [1.165, 1.54) is 11.3 Å². The van der Waals surface area contributed by atoms with Crippen molar-refractivity contribution in [1.29, 1.82) is 0 Å². The molecule has 2 heterocycles. The SMILES string of the molecule is Cc1ccsc1C(NC(=O)Cc1ccccc1)c1cc(Cl)c2cccnc2c1O. The highest BCUT2D eigenvalue weighted by molar-refractivity contribution is 7.10. The molecule has 0 radical (unpaired) electrons. The molecule has 0 saturated carbocycles. The van der Waals surface area contributed by atoms with Gasteiger partial charge in [-0.15, -0.1) is 11.3 Å². The summed E-state index contributed by atoms with van der Waals surface area (Å²) in [6, 6.07) is 16.3. The molecule has 0 aliphatic rings. The minimum Gasteiger partial charge on any atom is -0.505 e. The van der Waals surface area contributed by atoms with Crippen molar-refractivity contribution >= 4 is 39.7 Å². The fourth-order valence-corrected chi connectivity index (χ4v) is 4.65. The van der Waals surface area contributed by atoms with E-state index in [2.05, 4.69) is 10.3 Å². The van der Waals surface area contributed by atoms with E-state index >= 15 is 0 Å². The van der Waals surface area contributed by atoms with Gasteiger partial charge >= 0.3 is 0 Å². The molecular formula is C23H19ClN2O2S. The van der Waals surface area contributed by atoms with E-state index in [1.807, 2.05) is 54.8 Å². The molecule has 0 bridgehead atoms. The number of pyridine rings is 1. The number of halogens is 1. The third-order valence-corrected chi connectivity index (χ3v) is 6.23. The average molecular weight is 423 g/mol. The van der Waals surface area contributed by atoms with Crippen molar-refractivity contribution < 1.29 is 9.90 Å². The number of hydrogen-bond acceptors (Lipinski definition) is 4. The Morgan fingerprint density at radius 2 is 2.00 bits per heavy atom. The number of aromatic hydroxyl groups is 1. The Hall–Kier alpha value is -2.89. The first-order valence-corrected chi connectivity index (χ1v) is 10.4. The maximum absolute atomic E-state index is 12.8. The summed E-state index contributed by atoms with van der Waals surface area (Å²) >= 11 is 8.02. The number of nitrogens with one attached hydrogen (secondary N) is 1. The van der Waals surface area contributed by atoms with Gasteiger partial charge in [-0.1, -0.05) is 41.9 Å². The van der Waals surface area contributed by atoms with Gasteiger partial charge in [-0.25, -0.2) is 0 Å². The van der Waals surface area contributed by atoms with E-state index in [0.29, 0.717) is 21.5 Å². The molecule has 6 heteroatoms. The normalized spacial score (nSPS) is 12.1. The predicted molar refractivity (Wildman–Crippen MR) is 118 cm³/mol. The number of nitrogens with zero attached hydrogens (tertiary/aromatic N) is 1. The summed E-state index contributed by atoms with van der Waals surface area (Å²) in [5, 5.41) is 17.2. The summed E-state index contributed by atoms with van der Waals surface area (Å²) in [7, 11) is 0. The van der Waals surface area contributed by atoms with E-state index in [1.54, 1.807) is 18.3 Å². The lowest BCUT2D eigenvalue weighted by Gasteiger charge is -2.21. The Morgan fingerprint density at radius 1 is 1.21 bits per heavy atom. The first-order valence-electron chi connectivity index (χ1n) is 9.18. The summed E-state index contributed by atoms with van der Waals surface area (Å²) in [6.07, 6.45) is 1.86. The van der Waals surface area contributed by atoms with Gasteiger partial charge in [0.15, 0.2) is 0 Å². The number of amides is 1. The fourth-order valence-electron chi connectivity index (χ4n) is 3.38. The van der Waals surface area contributed by atoms with Gasteiger partial charge in [-0.3, -0.25) is 9.78 Å². The van der Waals surface area contributed by atoms with Gasteiger partial charge < -0.3 is 10.4 Å². The zero-order valence-corrected chi connectivity index (χ0v) is 17.3. The number of hydrogen-bond donors (Lipinski definition) is 2. The molecule has 0 saturated heterocycles. The molecule has 4 aromatic rings. The lowest BCUT2D eigenvalue weighted by atomic mass is 9.99. The topological polar surface area (TPSA) is 62.2 Å². The number of thiophene rings is 1. The standard InChI is InChI=1S/C23H19ClN2O2S/c1-14-9-11-29-23(14)21(26-19(27)12-15-6-3-2-4-7-15)17-13-18(24)16-8-5-10-25-20(16)22(17)28/h2-11,13,21,28H,12H2,1H3,(H,26,27). The van der Waals surface area contributed by atoms with Crippen LogP contribution in [0.25, 0.3) is 10.9 Å². The van der Waals surface area contributed by atoms with Crippen LogP contribution >= 0.6 is 22.9 Å². The van der Waals surface area contributed by atoms with Gasteiger partial charge in [0.25, 0.3) is 0 Å². The minimum atomic E-state index is -0.518. The third-order valence-electron chi connectivity index (χ3n) is 4.83. The van der Waals surface area contributed by atoms with Crippen LogP contribution in [0.5, 0.6) is 5.75 Å². The number of phenols is 1. The van der Waals surface area contributed by atoms with Crippen LogP contribution in [0.2, 0.25) is 5.02 Å². The van der Waals surface area contributed by atoms with Crippen LogP contribution in [0.3, 0.4) is 0 Å². The Bertz CT molecular complexity index is 1170. The molecule has 1 unspecified atom stereocenters. The highest BCUT2D eigenvalue weighted by Gasteiger charge is 2.25. The van der Waals surface area contributed by atoms with Crippen molar-refractivity contribution in [1.82, 2.24) is 10.3 Å². The number of rotatable bonds is 5. The van der Waals surface area contributed by atoms with Crippen LogP contribution in [0, 0.1) is 6.92 Å². The van der Waals surface area contributed by atoms with Gasteiger partial charge in [-0.2, -0.15) is 0 Å². The summed E-state index contributed by atoms with van der Waals surface area (Å²) in [5.74, 6) is -0.103. The molecule has 4 rings (SSSR count). The van der Waals surface area contributed by atoms with E-state index in [4.69, 9.17) is 11.6 Å². The van der Waals surface area contributed by atoms with Crippen molar-refractivity contribution in [2.75, 3.05) is 0 Å². The van der Waals surface area contributed by atoms with Crippen LogP contribution in [-0.2, 0) is 11.2 Å². The monoisotopic (exact) mass is 422 g/mol. The largest absolute Gasteiger partial charge is 0.505 e. The second kappa shape index (κ2) is 8.23. The van der Waals surface area contributed by atoms with Crippen LogP contribution in [0.1, 0.15) is 27.6 Å². The first kappa shape index (κ1) is 19.4. The van der Waals surface area contributed by atoms with Gasteiger partial charge in [0.05, 0.1) is 17.5 Å². The Balaban J connectivity index is 1.76. The summed E-state index contributed by atoms with van der Waals surface area (Å²) in [5.41, 5.74) is 2.92. The number of aromatic nitrogens is 1. The first-order chi connectivity index (χ1) is 14.0. The second-order valence-electron chi connectivity index (χ2n) is 6.83. The smallest absolute Gasteiger partial charge is 0.225 e. The second-order valence-corrected chi connectivity index (χ2v) is 8.18. The number of carbonyl (C=O) groups excluding carboxylic acids is 1. The molecule has 2 aromatic heterocycles. The number of aryl methyl sites for hydroxylation is 1. The molecule has 29 heavy (non-hydrogen) atoms. The van der Waals surface area contributed by atoms with Crippen molar-refractivity contribution in [3.63, 3.8) is 0 Å². The number of phenolic OH excluding ortho intramolecular Hbond substituents is 1. The summed E-state index contributed by atoms with van der Waals surface area (Å²) < 4.78 is 0. The molecule has 1 atom stereocenters. The molecule has 0 aliphatic heterocycles. The number of carbonyl (C=O) groups is 1. The molecule has 2 N–H and O–H groups in total. The van der Waals surface area contributed by atoms with Crippen molar-refractivity contribution in [3.05, 3.63) is 92.8 Å². The van der Waals surface area contributed by atoms with Crippen LogP contribution in [-0.4, -0.2) is 16.0 Å².